The number of halogens is 2. The van der Waals surface area contributed by atoms with E-state index in [4.69, 9.17) is 11.6 Å². The molecule has 0 atom stereocenters. The number of hydrogen-bond acceptors (Lipinski definition) is 3. The first kappa shape index (κ1) is 23.6. The molecule has 176 valence electrons. The van der Waals surface area contributed by atoms with Crippen LogP contribution in [0.25, 0.3) is 0 Å². The Bertz CT molecular complexity index is 1210. The van der Waals surface area contributed by atoms with E-state index in [-0.39, 0.29) is 10.9 Å². The van der Waals surface area contributed by atoms with Crippen LogP contribution >= 0.6 is 11.6 Å². The number of nitrogens with zero attached hydrogens (tertiary/aromatic N) is 1. The van der Waals surface area contributed by atoms with E-state index in [2.05, 4.69) is 20.9 Å². The summed E-state index contributed by atoms with van der Waals surface area (Å²) in [5, 5.41) is 8.38. The lowest BCUT2D eigenvalue weighted by atomic mass is 10.1. The van der Waals surface area contributed by atoms with E-state index >= 15 is 0 Å². The van der Waals surface area contributed by atoms with Gasteiger partial charge in [0, 0.05) is 30.0 Å². The van der Waals surface area contributed by atoms with Gasteiger partial charge in [0.05, 0.1) is 16.4 Å². The summed E-state index contributed by atoms with van der Waals surface area (Å²) in [6.07, 6.45) is 3.33. The van der Waals surface area contributed by atoms with Crippen molar-refractivity contribution in [2.24, 2.45) is 0 Å². The maximum absolute atomic E-state index is 13.4. The molecule has 3 aromatic carbocycles. The van der Waals surface area contributed by atoms with Crippen LogP contribution in [0.1, 0.15) is 35.2 Å². The smallest absolute Gasteiger partial charge is 0.323 e. The number of carbonyl (C=O) groups excluding carboxylic acids is 2. The standard InChI is InChI=1S/C26H26ClFN4O2/c1-17-6-5-7-18(14-17)25(33)29-20-9-11-24(32-12-3-2-4-13-32)23(16-20)31-26(34)30-19-8-10-22(28)21(27)15-19/h5-11,14-16H,2-4,12-13H2,1H3,(H,29,33)(H2,30,31,34). The first-order valence-corrected chi connectivity index (χ1v) is 11.6. The number of amides is 3. The molecule has 8 heteroatoms. The van der Waals surface area contributed by atoms with E-state index in [0.717, 1.165) is 37.2 Å². The summed E-state index contributed by atoms with van der Waals surface area (Å²) in [7, 11) is 0. The number of rotatable bonds is 5. The highest BCUT2D eigenvalue weighted by molar-refractivity contribution is 6.31. The molecule has 0 radical (unpaired) electrons. The van der Waals surface area contributed by atoms with E-state index in [0.29, 0.717) is 22.6 Å². The maximum atomic E-state index is 13.4. The first-order valence-electron chi connectivity index (χ1n) is 11.2. The molecule has 1 saturated heterocycles. The van der Waals surface area contributed by atoms with Crippen molar-refractivity contribution in [3.8, 4) is 0 Å². The zero-order valence-electron chi connectivity index (χ0n) is 18.8. The van der Waals surface area contributed by atoms with Gasteiger partial charge in [-0.25, -0.2) is 9.18 Å². The lowest BCUT2D eigenvalue weighted by Crippen LogP contribution is -2.31. The van der Waals surface area contributed by atoms with E-state index < -0.39 is 11.8 Å². The highest BCUT2D eigenvalue weighted by Crippen LogP contribution is 2.32. The highest BCUT2D eigenvalue weighted by Gasteiger charge is 2.18. The highest BCUT2D eigenvalue weighted by atomic mass is 35.5. The number of urea groups is 1. The molecule has 0 aromatic heterocycles. The van der Waals surface area contributed by atoms with Crippen molar-refractivity contribution in [2.75, 3.05) is 33.9 Å². The SMILES string of the molecule is Cc1cccc(C(=O)Nc2ccc(N3CCCCC3)c(NC(=O)Nc3ccc(F)c(Cl)c3)c2)c1. The molecular weight excluding hydrogens is 455 g/mol. The van der Waals surface area contributed by atoms with Crippen LogP contribution in [0.2, 0.25) is 5.02 Å². The third-order valence-corrected chi connectivity index (χ3v) is 5.95. The third kappa shape index (κ3) is 5.85. The normalized spacial score (nSPS) is 13.3. The van der Waals surface area contributed by atoms with Crippen molar-refractivity contribution in [3.63, 3.8) is 0 Å². The summed E-state index contributed by atoms with van der Waals surface area (Å²) >= 11 is 5.82. The van der Waals surface area contributed by atoms with Crippen LogP contribution in [0.4, 0.5) is 31.9 Å². The number of hydrogen-bond donors (Lipinski definition) is 3. The summed E-state index contributed by atoms with van der Waals surface area (Å²) in [6, 6.07) is 16.3. The Labute approximate surface area is 203 Å². The van der Waals surface area contributed by atoms with E-state index in [1.54, 1.807) is 12.1 Å². The molecule has 0 aliphatic carbocycles. The largest absolute Gasteiger partial charge is 0.370 e. The predicted octanol–water partition coefficient (Wildman–Crippen LogP) is 6.67. The Morgan fingerprint density at radius 2 is 1.62 bits per heavy atom. The average molecular weight is 481 g/mol. The second kappa shape index (κ2) is 10.6. The van der Waals surface area contributed by atoms with Crippen LogP contribution in [0, 0.1) is 12.7 Å². The fourth-order valence-corrected chi connectivity index (χ4v) is 4.15. The van der Waals surface area contributed by atoms with Crippen molar-refractivity contribution in [2.45, 2.75) is 26.2 Å². The fraction of sp³-hybridized carbons (Fsp3) is 0.231. The minimum Gasteiger partial charge on any atom is -0.370 e. The van der Waals surface area contributed by atoms with Gasteiger partial charge in [0.1, 0.15) is 5.82 Å². The Kier molecular flexibility index (Phi) is 7.33. The van der Waals surface area contributed by atoms with E-state index in [1.165, 1.54) is 24.6 Å². The van der Waals surface area contributed by atoms with Gasteiger partial charge in [-0.15, -0.1) is 0 Å². The third-order valence-electron chi connectivity index (χ3n) is 5.66. The van der Waals surface area contributed by atoms with Crippen molar-refractivity contribution in [3.05, 3.63) is 82.6 Å². The van der Waals surface area contributed by atoms with Crippen molar-refractivity contribution in [1.29, 1.82) is 0 Å². The average Bonchev–Trinajstić information content (AvgIpc) is 2.82. The van der Waals surface area contributed by atoms with E-state index in [1.807, 2.05) is 37.3 Å². The van der Waals surface area contributed by atoms with Crippen molar-refractivity contribution >= 4 is 46.3 Å². The summed E-state index contributed by atoms with van der Waals surface area (Å²) in [6.45, 7) is 3.71. The molecule has 6 nitrogen and oxygen atoms in total. The lowest BCUT2D eigenvalue weighted by Gasteiger charge is -2.31. The van der Waals surface area contributed by atoms with Crippen molar-refractivity contribution in [1.82, 2.24) is 0 Å². The number of anilines is 4. The van der Waals surface area contributed by atoms with Crippen molar-refractivity contribution < 1.29 is 14.0 Å². The molecule has 1 aliphatic heterocycles. The first-order chi connectivity index (χ1) is 16.4. The van der Waals surface area contributed by atoms with Crippen LogP contribution in [-0.2, 0) is 0 Å². The molecule has 34 heavy (non-hydrogen) atoms. The molecule has 0 saturated carbocycles. The number of piperidine rings is 1. The van der Waals surface area contributed by atoms with Gasteiger partial charge in [-0.05, 0) is 74.7 Å². The van der Waals surface area contributed by atoms with Crippen LogP contribution in [0.15, 0.2) is 60.7 Å². The molecule has 0 unspecified atom stereocenters. The van der Waals surface area contributed by atoms with Crippen LogP contribution in [0.3, 0.4) is 0 Å². The van der Waals surface area contributed by atoms with Gasteiger partial charge in [0.2, 0.25) is 0 Å². The summed E-state index contributed by atoms with van der Waals surface area (Å²) in [4.78, 5) is 27.7. The molecular formula is C26H26ClFN4O2. The molecule has 3 amide bonds. The molecule has 4 rings (SSSR count). The van der Waals surface area contributed by atoms with E-state index in [9.17, 15) is 14.0 Å². The predicted molar refractivity (Wildman–Crippen MR) is 136 cm³/mol. The summed E-state index contributed by atoms with van der Waals surface area (Å²) in [5.74, 6) is -0.789. The lowest BCUT2D eigenvalue weighted by molar-refractivity contribution is 0.102. The number of aryl methyl sites for hydroxylation is 1. The second-order valence-electron chi connectivity index (χ2n) is 8.31. The van der Waals surface area contributed by atoms with Gasteiger partial charge >= 0.3 is 6.03 Å². The summed E-state index contributed by atoms with van der Waals surface area (Å²) in [5.41, 5.74) is 3.92. The monoisotopic (exact) mass is 480 g/mol. The molecule has 0 spiro atoms. The van der Waals surface area contributed by atoms with Crippen LogP contribution < -0.4 is 20.9 Å². The minimum atomic E-state index is -0.558. The molecule has 1 fully saturated rings. The van der Waals surface area contributed by atoms with Gasteiger partial charge < -0.3 is 20.9 Å². The van der Waals surface area contributed by atoms with Crippen LogP contribution in [0.5, 0.6) is 0 Å². The zero-order chi connectivity index (χ0) is 24.1. The van der Waals surface area contributed by atoms with Gasteiger partial charge in [-0.1, -0.05) is 29.3 Å². The fourth-order valence-electron chi connectivity index (χ4n) is 3.97. The summed E-state index contributed by atoms with van der Waals surface area (Å²) < 4.78 is 13.4. The topological polar surface area (TPSA) is 73.5 Å². The molecule has 1 aliphatic rings. The van der Waals surface area contributed by atoms with Gasteiger partial charge in [0.25, 0.3) is 5.91 Å². The molecule has 1 heterocycles. The molecule has 3 N–H and O–H groups in total. The molecule has 3 aromatic rings. The number of nitrogens with one attached hydrogen (secondary N) is 3. The Hall–Kier alpha value is -3.58. The molecule has 0 bridgehead atoms. The minimum absolute atomic E-state index is 0.0762. The number of carbonyl (C=O) groups is 2. The van der Waals surface area contributed by atoms with Gasteiger partial charge in [0.15, 0.2) is 0 Å². The second-order valence-corrected chi connectivity index (χ2v) is 8.72. The Morgan fingerprint density at radius 3 is 2.35 bits per heavy atom. The quantitative estimate of drug-likeness (QED) is 0.381. The number of benzene rings is 3. The van der Waals surface area contributed by atoms with Crippen LogP contribution in [-0.4, -0.2) is 25.0 Å². The van der Waals surface area contributed by atoms with Gasteiger partial charge in [-0.2, -0.15) is 0 Å². The Morgan fingerprint density at radius 1 is 0.882 bits per heavy atom. The van der Waals surface area contributed by atoms with Gasteiger partial charge in [-0.3, -0.25) is 4.79 Å². The zero-order valence-corrected chi connectivity index (χ0v) is 19.6. The maximum Gasteiger partial charge on any atom is 0.323 e. The Balaban J connectivity index is 1.56.